The molecule has 1 aliphatic heterocycles. The number of carbonyl (C=O) groups excluding carboxylic acids is 1. The molecule has 6 nitrogen and oxygen atoms in total. The second-order valence-corrected chi connectivity index (χ2v) is 5.74. The number of piperidine rings is 1. The molecule has 0 saturated carbocycles. The number of rotatable bonds is 3. The Morgan fingerprint density at radius 3 is 2.81 bits per heavy atom. The van der Waals surface area contributed by atoms with Crippen molar-refractivity contribution in [3.63, 3.8) is 0 Å². The van der Waals surface area contributed by atoms with Crippen molar-refractivity contribution < 1.29 is 9.72 Å². The number of carbonyl (C=O) groups is 1. The summed E-state index contributed by atoms with van der Waals surface area (Å²) in [6, 6.07) is 4.46. The van der Waals surface area contributed by atoms with Crippen molar-refractivity contribution in [3.8, 4) is 0 Å². The molecular weight excluding hydrogens is 362 g/mol. The van der Waals surface area contributed by atoms with Gasteiger partial charge in [-0.1, -0.05) is 0 Å². The second kappa shape index (κ2) is 7.72. The van der Waals surface area contributed by atoms with Crippen molar-refractivity contribution in [1.82, 2.24) is 10.6 Å². The van der Waals surface area contributed by atoms with Gasteiger partial charge >= 0.3 is 0 Å². The number of nitro groups is 1. The number of nitrogens with one attached hydrogen (secondary N) is 2. The van der Waals surface area contributed by atoms with Gasteiger partial charge in [0.2, 0.25) is 0 Å². The lowest BCUT2D eigenvalue weighted by atomic mass is 9.99. The molecule has 1 aliphatic rings. The lowest BCUT2D eigenvalue weighted by Gasteiger charge is -2.30. The van der Waals surface area contributed by atoms with Crippen LogP contribution in [0.1, 0.15) is 30.1 Å². The highest BCUT2D eigenvalue weighted by atomic mass is 79.9. The quantitative estimate of drug-likeness (QED) is 0.625. The van der Waals surface area contributed by atoms with Gasteiger partial charge < -0.3 is 10.6 Å². The lowest BCUT2D eigenvalue weighted by molar-refractivity contribution is -0.384. The number of hydrogen-bond donors (Lipinski definition) is 2. The molecular formula is C13H17BrClN3O3. The van der Waals surface area contributed by atoms with Crippen LogP contribution in [0.5, 0.6) is 0 Å². The van der Waals surface area contributed by atoms with Crippen LogP contribution in [0.15, 0.2) is 22.7 Å². The summed E-state index contributed by atoms with van der Waals surface area (Å²) in [5.41, 5.74) is 0.370. The zero-order valence-corrected chi connectivity index (χ0v) is 13.9. The number of nitro benzene ring substituents is 1. The average Bonchev–Trinajstić information content (AvgIpc) is 2.41. The van der Waals surface area contributed by atoms with Crippen LogP contribution >= 0.6 is 28.3 Å². The highest BCUT2D eigenvalue weighted by molar-refractivity contribution is 9.10. The zero-order valence-electron chi connectivity index (χ0n) is 11.5. The summed E-state index contributed by atoms with van der Waals surface area (Å²) in [6.45, 7) is 3.00. The summed E-state index contributed by atoms with van der Waals surface area (Å²) in [6.07, 6.45) is 1.96. The van der Waals surface area contributed by atoms with E-state index in [4.69, 9.17) is 0 Å². The van der Waals surface area contributed by atoms with E-state index < -0.39 is 4.92 Å². The van der Waals surface area contributed by atoms with Crippen molar-refractivity contribution in [2.45, 2.75) is 31.8 Å². The molecule has 1 amide bonds. The topological polar surface area (TPSA) is 84.3 Å². The van der Waals surface area contributed by atoms with Gasteiger partial charge in [-0.2, -0.15) is 0 Å². The molecule has 2 N–H and O–H groups in total. The zero-order chi connectivity index (χ0) is 14.7. The van der Waals surface area contributed by atoms with Gasteiger partial charge in [0.1, 0.15) is 0 Å². The molecule has 2 rings (SSSR count). The summed E-state index contributed by atoms with van der Waals surface area (Å²) in [7, 11) is 0. The minimum absolute atomic E-state index is 0. The molecule has 1 aromatic carbocycles. The Hall–Kier alpha value is -1.18. The molecule has 2 atom stereocenters. The highest BCUT2D eigenvalue weighted by Gasteiger charge is 2.24. The number of halogens is 2. The first-order valence-electron chi connectivity index (χ1n) is 6.47. The normalized spacial score (nSPS) is 21.2. The predicted octanol–water partition coefficient (Wildman–Crippen LogP) is 2.65. The molecule has 1 heterocycles. The first-order valence-corrected chi connectivity index (χ1v) is 7.26. The largest absolute Gasteiger partial charge is 0.348 e. The van der Waals surface area contributed by atoms with Crippen LogP contribution in [0.2, 0.25) is 0 Å². The van der Waals surface area contributed by atoms with Gasteiger partial charge in [-0.25, -0.2) is 0 Å². The van der Waals surface area contributed by atoms with Crippen molar-refractivity contribution in [2.24, 2.45) is 0 Å². The van der Waals surface area contributed by atoms with Gasteiger partial charge in [0.15, 0.2) is 0 Å². The molecule has 0 aromatic heterocycles. The molecule has 1 aromatic rings. The molecule has 116 valence electrons. The SMILES string of the molecule is CC1NCCCC1NC(=O)c1ccc([N+](=O)[O-])cc1Br.Cl. The van der Waals surface area contributed by atoms with Gasteiger partial charge in [0.05, 0.1) is 10.5 Å². The maximum atomic E-state index is 12.2. The fourth-order valence-corrected chi connectivity index (χ4v) is 2.84. The summed E-state index contributed by atoms with van der Waals surface area (Å²) >= 11 is 3.22. The number of non-ortho nitro benzene ring substituents is 1. The molecule has 2 unspecified atom stereocenters. The van der Waals surface area contributed by atoms with Gasteiger partial charge in [-0.3, -0.25) is 14.9 Å². The third-order valence-electron chi connectivity index (χ3n) is 3.49. The summed E-state index contributed by atoms with van der Waals surface area (Å²) < 4.78 is 0.431. The molecule has 8 heteroatoms. The minimum atomic E-state index is -0.487. The van der Waals surface area contributed by atoms with Gasteiger partial charge in [-0.05, 0) is 48.3 Å². The molecule has 1 fully saturated rings. The summed E-state index contributed by atoms with van der Waals surface area (Å²) in [5.74, 6) is -0.215. The number of hydrogen-bond acceptors (Lipinski definition) is 4. The van der Waals surface area contributed by atoms with E-state index in [1.54, 1.807) is 0 Å². The van der Waals surface area contributed by atoms with Crippen LogP contribution in [0, 0.1) is 10.1 Å². The Balaban J connectivity index is 0.00000220. The number of benzene rings is 1. The van der Waals surface area contributed by atoms with Crippen molar-refractivity contribution in [3.05, 3.63) is 38.3 Å². The Kier molecular flexibility index (Phi) is 6.57. The van der Waals surface area contributed by atoms with Crippen LogP contribution in [0.4, 0.5) is 5.69 Å². The van der Waals surface area contributed by atoms with Crippen molar-refractivity contribution in [2.75, 3.05) is 6.54 Å². The van der Waals surface area contributed by atoms with E-state index in [9.17, 15) is 14.9 Å². The van der Waals surface area contributed by atoms with Crippen LogP contribution in [0.25, 0.3) is 0 Å². The van der Waals surface area contributed by atoms with E-state index in [0.29, 0.717) is 10.0 Å². The monoisotopic (exact) mass is 377 g/mol. The van der Waals surface area contributed by atoms with E-state index in [2.05, 4.69) is 26.6 Å². The smallest absolute Gasteiger partial charge is 0.270 e. The molecule has 21 heavy (non-hydrogen) atoms. The number of amides is 1. The third kappa shape index (κ3) is 4.39. The fraction of sp³-hybridized carbons (Fsp3) is 0.462. The first kappa shape index (κ1) is 17.9. The Labute approximate surface area is 137 Å². The van der Waals surface area contributed by atoms with Gasteiger partial charge in [-0.15, -0.1) is 12.4 Å². The van der Waals surface area contributed by atoms with Crippen molar-refractivity contribution >= 4 is 39.9 Å². The van der Waals surface area contributed by atoms with Gasteiger partial charge in [0.25, 0.3) is 11.6 Å². The average molecular weight is 379 g/mol. The van der Waals surface area contributed by atoms with Crippen LogP contribution < -0.4 is 10.6 Å². The Bertz CT molecular complexity index is 541. The van der Waals surface area contributed by atoms with Crippen LogP contribution in [-0.2, 0) is 0 Å². The van der Waals surface area contributed by atoms with E-state index >= 15 is 0 Å². The first-order chi connectivity index (χ1) is 9.49. The second-order valence-electron chi connectivity index (χ2n) is 4.89. The molecule has 0 bridgehead atoms. The summed E-state index contributed by atoms with van der Waals surface area (Å²) in [5, 5.41) is 17.0. The lowest BCUT2D eigenvalue weighted by Crippen LogP contribution is -2.51. The fourth-order valence-electron chi connectivity index (χ4n) is 2.29. The highest BCUT2D eigenvalue weighted by Crippen LogP contribution is 2.23. The predicted molar refractivity (Wildman–Crippen MR) is 86.0 cm³/mol. The van der Waals surface area contributed by atoms with Crippen LogP contribution in [0.3, 0.4) is 0 Å². The third-order valence-corrected chi connectivity index (χ3v) is 4.14. The van der Waals surface area contributed by atoms with Gasteiger partial charge in [0, 0.05) is 28.7 Å². The van der Waals surface area contributed by atoms with E-state index in [-0.39, 0.29) is 36.1 Å². The van der Waals surface area contributed by atoms with Crippen molar-refractivity contribution in [1.29, 1.82) is 0 Å². The van der Waals surface area contributed by atoms with Crippen LogP contribution in [-0.4, -0.2) is 29.5 Å². The molecule has 0 spiro atoms. The Morgan fingerprint density at radius 2 is 2.24 bits per heavy atom. The molecule has 0 radical (unpaired) electrons. The van der Waals surface area contributed by atoms with E-state index in [1.807, 2.05) is 6.92 Å². The van der Waals surface area contributed by atoms with E-state index in [1.165, 1.54) is 18.2 Å². The van der Waals surface area contributed by atoms with E-state index in [0.717, 1.165) is 19.4 Å². The molecule has 0 aliphatic carbocycles. The Morgan fingerprint density at radius 1 is 1.52 bits per heavy atom. The molecule has 1 saturated heterocycles. The summed E-state index contributed by atoms with van der Waals surface area (Å²) in [4.78, 5) is 22.4. The maximum absolute atomic E-state index is 12.2. The maximum Gasteiger partial charge on any atom is 0.270 e. The standard InChI is InChI=1S/C13H16BrN3O3.ClH/c1-8-12(3-2-6-15-8)16-13(18)10-5-4-9(17(19)20)7-11(10)14;/h4-5,7-8,12,15H,2-3,6H2,1H3,(H,16,18);1H. The number of nitrogens with zero attached hydrogens (tertiary/aromatic N) is 1. The minimum Gasteiger partial charge on any atom is -0.348 e.